The molecule has 5 heteroatoms. The molecule has 19 heavy (non-hydrogen) atoms. The summed E-state index contributed by atoms with van der Waals surface area (Å²) in [5.41, 5.74) is 7.45. The van der Waals surface area contributed by atoms with Gasteiger partial charge in [0.1, 0.15) is 0 Å². The number of halogens is 3. The van der Waals surface area contributed by atoms with Crippen LogP contribution in [0.5, 0.6) is 0 Å². The highest BCUT2D eigenvalue weighted by Gasteiger charge is 2.40. The largest absolute Gasteiger partial charge is 0.327 e. The van der Waals surface area contributed by atoms with Gasteiger partial charge in [-0.1, -0.05) is 17.7 Å². The lowest BCUT2D eigenvalue weighted by Crippen LogP contribution is -2.30. The van der Waals surface area contributed by atoms with Gasteiger partial charge in [0.25, 0.3) is 0 Å². The molecule has 106 valence electrons. The van der Waals surface area contributed by atoms with Crippen LogP contribution in [-0.2, 0) is 6.54 Å². The minimum atomic E-state index is 0. The van der Waals surface area contributed by atoms with Gasteiger partial charge in [-0.3, -0.25) is 4.90 Å². The van der Waals surface area contributed by atoms with Gasteiger partial charge < -0.3 is 5.73 Å². The summed E-state index contributed by atoms with van der Waals surface area (Å²) in [5.74, 6) is 1.54. The SMILES string of the molecule is Cl.NC1CCC2CN(Cc3ccc(Br)c(Cl)c3)CC12. The number of hydrogen-bond acceptors (Lipinski definition) is 2. The van der Waals surface area contributed by atoms with Gasteiger partial charge in [-0.2, -0.15) is 0 Å². The highest BCUT2D eigenvalue weighted by atomic mass is 79.9. The fourth-order valence-electron chi connectivity index (χ4n) is 3.43. The third-order valence-corrected chi connectivity index (χ3v) is 5.61. The van der Waals surface area contributed by atoms with Crippen molar-refractivity contribution in [1.82, 2.24) is 4.90 Å². The average Bonchev–Trinajstić information content (AvgIpc) is 2.87. The van der Waals surface area contributed by atoms with Crippen LogP contribution in [0.3, 0.4) is 0 Å². The van der Waals surface area contributed by atoms with Gasteiger partial charge in [0.05, 0.1) is 5.02 Å². The van der Waals surface area contributed by atoms with Gasteiger partial charge in [0.15, 0.2) is 0 Å². The van der Waals surface area contributed by atoms with Crippen LogP contribution in [0.25, 0.3) is 0 Å². The summed E-state index contributed by atoms with van der Waals surface area (Å²) in [5, 5.41) is 0.795. The van der Waals surface area contributed by atoms with Crippen molar-refractivity contribution in [2.75, 3.05) is 13.1 Å². The van der Waals surface area contributed by atoms with Crippen LogP contribution in [0.4, 0.5) is 0 Å². The zero-order valence-corrected chi connectivity index (χ0v) is 13.8. The zero-order chi connectivity index (χ0) is 12.7. The number of nitrogens with zero attached hydrogens (tertiary/aromatic N) is 1. The molecule has 1 aliphatic heterocycles. The lowest BCUT2D eigenvalue weighted by Gasteiger charge is -2.18. The van der Waals surface area contributed by atoms with Crippen LogP contribution in [0.1, 0.15) is 18.4 Å². The lowest BCUT2D eigenvalue weighted by molar-refractivity contribution is 0.298. The van der Waals surface area contributed by atoms with Gasteiger partial charge in [-0.05, 0) is 58.3 Å². The summed E-state index contributed by atoms with van der Waals surface area (Å²) in [6.45, 7) is 3.35. The predicted molar refractivity (Wildman–Crippen MR) is 85.9 cm³/mol. The van der Waals surface area contributed by atoms with E-state index in [1.807, 2.05) is 6.07 Å². The molecule has 1 aliphatic carbocycles. The van der Waals surface area contributed by atoms with Crippen LogP contribution in [0.15, 0.2) is 22.7 Å². The lowest BCUT2D eigenvalue weighted by atomic mass is 9.98. The fraction of sp³-hybridized carbons (Fsp3) is 0.571. The number of rotatable bonds is 2. The molecule has 0 aromatic heterocycles. The molecule has 3 atom stereocenters. The molecule has 2 fully saturated rings. The van der Waals surface area contributed by atoms with E-state index in [1.54, 1.807) is 0 Å². The van der Waals surface area contributed by atoms with Crippen molar-refractivity contribution in [2.24, 2.45) is 17.6 Å². The number of nitrogens with two attached hydrogens (primary N) is 1. The van der Waals surface area contributed by atoms with E-state index in [0.29, 0.717) is 6.04 Å². The normalized spacial score (nSPS) is 30.2. The van der Waals surface area contributed by atoms with Gasteiger partial charge in [-0.15, -0.1) is 12.4 Å². The van der Waals surface area contributed by atoms with E-state index in [2.05, 4.69) is 33.0 Å². The minimum Gasteiger partial charge on any atom is -0.327 e. The summed E-state index contributed by atoms with van der Waals surface area (Å²) >= 11 is 9.56. The van der Waals surface area contributed by atoms with Gasteiger partial charge >= 0.3 is 0 Å². The topological polar surface area (TPSA) is 29.3 Å². The van der Waals surface area contributed by atoms with Crippen molar-refractivity contribution < 1.29 is 0 Å². The van der Waals surface area contributed by atoms with Crippen LogP contribution >= 0.6 is 39.9 Å². The molecule has 1 saturated carbocycles. The Morgan fingerprint density at radius 1 is 1.32 bits per heavy atom. The molecule has 0 radical (unpaired) electrons. The van der Waals surface area contributed by atoms with E-state index in [0.717, 1.165) is 34.4 Å². The maximum Gasteiger partial charge on any atom is 0.0551 e. The standard InChI is InChI=1S/C14H18BrClN2.ClH/c15-12-3-1-9(5-13(12)16)6-18-7-10-2-4-14(17)11(10)8-18;/h1,3,5,10-11,14H,2,4,6-8,17H2;1H. The first-order valence-corrected chi connectivity index (χ1v) is 7.72. The van der Waals surface area contributed by atoms with Crippen LogP contribution in [-0.4, -0.2) is 24.0 Å². The Morgan fingerprint density at radius 2 is 2.11 bits per heavy atom. The zero-order valence-electron chi connectivity index (χ0n) is 10.7. The highest BCUT2D eigenvalue weighted by Crippen LogP contribution is 2.37. The van der Waals surface area contributed by atoms with E-state index in [9.17, 15) is 0 Å². The van der Waals surface area contributed by atoms with Crippen molar-refractivity contribution in [3.8, 4) is 0 Å². The molecule has 3 rings (SSSR count). The van der Waals surface area contributed by atoms with Crippen molar-refractivity contribution >= 4 is 39.9 Å². The maximum absolute atomic E-state index is 6.17. The molecule has 0 amide bonds. The van der Waals surface area contributed by atoms with Gasteiger partial charge in [0.2, 0.25) is 0 Å². The van der Waals surface area contributed by atoms with Crippen molar-refractivity contribution in [3.63, 3.8) is 0 Å². The Bertz CT molecular complexity index is 455. The van der Waals surface area contributed by atoms with Crippen molar-refractivity contribution in [1.29, 1.82) is 0 Å². The number of benzene rings is 1. The molecule has 1 saturated heterocycles. The summed E-state index contributed by atoms with van der Waals surface area (Å²) in [4.78, 5) is 2.52. The van der Waals surface area contributed by atoms with Crippen LogP contribution < -0.4 is 5.73 Å². The highest BCUT2D eigenvalue weighted by molar-refractivity contribution is 9.10. The van der Waals surface area contributed by atoms with Gasteiger partial charge in [-0.25, -0.2) is 0 Å². The summed E-state index contributed by atoms with van der Waals surface area (Å²) in [6.07, 6.45) is 2.52. The van der Waals surface area contributed by atoms with E-state index >= 15 is 0 Å². The second kappa shape index (κ2) is 6.31. The minimum absolute atomic E-state index is 0. The van der Waals surface area contributed by atoms with Crippen molar-refractivity contribution in [3.05, 3.63) is 33.3 Å². The maximum atomic E-state index is 6.17. The van der Waals surface area contributed by atoms with E-state index in [-0.39, 0.29) is 12.4 Å². The van der Waals surface area contributed by atoms with Crippen LogP contribution in [0, 0.1) is 11.8 Å². The van der Waals surface area contributed by atoms with Crippen LogP contribution in [0.2, 0.25) is 5.02 Å². The molecule has 1 aromatic rings. The number of likely N-dealkylation sites (tertiary alicyclic amines) is 1. The molecule has 1 heterocycles. The molecular formula is C14H19BrCl2N2. The Balaban J connectivity index is 0.00000133. The number of fused-ring (bicyclic) bond motifs is 1. The Hall–Kier alpha value is 0.200. The smallest absolute Gasteiger partial charge is 0.0551 e. The van der Waals surface area contributed by atoms with Crippen molar-refractivity contribution in [2.45, 2.75) is 25.4 Å². The summed E-state index contributed by atoms with van der Waals surface area (Å²) in [7, 11) is 0. The Morgan fingerprint density at radius 3 is 2.79 bits per heavy atom. The molecule has 3 unspecified atom stereocenters. The monoisotopic (exact) mass is 364 g/mol. The quantitative estimate of drug-likeness (QED) is 0.865. The first-order valence-electron chi connectivity index (χ1n) is 6.55. The second-order valence-corrected chi connectivity index (χ2v) is 6.87. The average molecular weight is 366 g/mol. The third kappa shape index (κ3) is 3.27. The summed E-state index contributed by atoms with van der Waals surface area (Å²) < 4.78 is 0.966. The first kappa shape index (κ1) is 15.6. The van der Waals surface area contributed by atoms with E-state index < -0.39 is 0 Å². The first-order chi connectivity index (χ1) is 8.63. The molecule has 2 N–H and O–H groups in total. The second-order valence-electron chi connectivity index (χ2n) is 5.61. The van der Waals surface area contributed by atoms with E-state index in [1.165, 1.54) is 24.9 Å². The number of hydrogen-bond donors (Lipinski definition) is 1. The third-order valence-electron chi connectivity index (χ3n) is 4.38. The Kier molecular flexibility index (Phi) is 5.18. The molecule has 2 nitrogen and oxygen atoms in total. The Labute approximate surface area is 134 Å². The molecule has 2 aliphatic rings. The predicted octanol–water partition coefficient (Wildman–Crippen LogP) is 3.69. The van der Waals surface area contributed by atoms with Gasteiger partial charge in [0, 0.05) is 30.1 Å². The molecule has 1 aromatic carbocycles. The molecular weight excluding hydrogens is 347 g/mol. The summed E-state index contributed by atoms with van der Waals surface area (Å²) in [6, 6.07) is 6.65. The van der Waals surface area contributed by atoms with E-state index in [4.69, 9.17) is 17.3 Å². The molecule has 0 bridgehead atoms. The molecule has 0 spiro atoms. The fourth-order valence-corrected chi connectivity index (χ4v) is 3.87.